The summed E-state index contributed by atoms with van der Waals surface area (Å²) in [7, 11) is 0. The highest BCUT2D eigenvalue weighted by molar-refractivity contribution is 6.06. The van der Waals surface area contributed by atoms with Crippen LogP contribution in [0.1, 0.15) is 119 Å². The highest BCUT2D eigenvalue weighted by Crippen LogP contribution is 2.50. The molecule has 4 rings (SSSR count). The zero-order chi connectivity index (χ0) is 26.3. The third kappa shape index (κ3) is 6.49. The number of hydrogen-bond acceptors (Lipinski definition) is 3. The Morgan fingerprint density at radius 3 is 1.62 bits per heavy atom. The predicted molar refractivity (Wildman–Crippen MR) is 146 cm³/mol. The summed E-state index contributed by atoms with van der Waals surface area (Å²) in [6, 6.07) is 8.45. The lowest BCUT2D eigenvalue weighted by molar-refractivity contribution is -0.119. The molecule has 1 aromatic rings. The largest absolute Gasteiger partial charge is 0.362 e. The van der Waals surface area contributed by atoms with Crippen molar-refractivity contribution >= 4 is 11.6 Å². The number of ketones is 2. The molecular formula is C31H49NO2. The van der Waals surface area contributed by atoms with Gasteiger partial charge in [-0.2, -0.15) is 0 Å². The zero-order valence-electron chi connectivity index (χ0n) is 23.7. The van der Waals surface area contributed by atoms with Crippen LogP contribution in [-0.2, 0) is 16.0 Å². The van der Waals surface area contributed by atoms with E-state index in [0.717, 1.165) is 47.4 Å². The number of benzene rings is 1. The second-order valence-corrected chi connectivity index (χ2v) is 10.3. The molecule has 0 unspecified atom stereocenters. The van der Waals surface area contributed by atoms with Gasteiger partial charge in [0.1, 0.15) is 0 Å². The summed E-state index contributed by atoms with van der Waals surface area (Å²) in [6.45, 7) is 22.8. The summed E-state index contributed by atoms with van der Waals surface area (Å²) < 4.78 is 0. The van der Waals surface area contributed by atoms with Crippen molar-refractivity contribution in [3.05, 3.63) is 57.9 Å². The molecule has 1 aromatic carbocycles. The molecule has 2 aliphatic carbocycles. The van der Waals surface area contributed by atoms with Gasteiger partial charge in [-0.15, -0.1) is 0 Å². The minimum absolute atomic E-state index is 0.0506. The third-order valence-corrected chi connectivity index (χ3v) is 6.41. The van der Waals surface area contributed by atoms with Gasteiger partial charge in [-0.05, 0) is 41.2 Å². The molecule has 0 aromatic heterocycles. The molecule has 0 fully saturated rings. The maximum absolute atomic E-state index is 13.3. The van der Waals surface area contributed by atoms with E-state index in [-0.39, 0.29) is 28.3 Å². The van der Waals surface area contributed by atoms with Crippen molar-refractivity contribution in [2.24, 2.45) is 10.8 Å². The first-order valence-electron chi connectivity index (χ1n) is 13.5. The lowest BCUT2D eigenvalue weighted by Crippen LogP contribution is -2.42. The Labute approximate surface area is 209 Å². The quantitative estimate of drug-likeness (QED) is 0.476. The molecule has 0 amide bonds. The fraction of sp³-hybridized carbons (Fsp3) is 0.613. The molecule has 190 valence electrons. The topological polar surface area (TPSA) is 46.2 Å². The average Bonchev–Trinajstić information content (AvgIpc) is 2.80. The number of hydrogen-bond donors (Lipinski definition) is 1. The van der Waals surface area contributed by atoms with E-state index in [9.17, 15) is 9.59 Å². The molecule has 1 aliphatic heterocycles. The summed E-state index contributed by atoms with van der Waals surface area (Å²) in [4.78, 5) is 26.5. The zero-order valence-corrected chi connectivity index (χ0v) is 23.7. The van der Waals surface area contributed by atoms with E-state index >= 15 is 0 Å². The summed E-state index contributed by atoms with van der Waals surface area (Å²) in [5.74, 6) is 0.162. The normalized spacial score (nSPS) is 20.3. The third-order valence-electron chi connectivity index (χ3n) is 6.41. The van der Waals surface area contributed by atoms with Crippen LogP contribution in [0.4, 0.5) is 0 Å². The lowest BCUT2D eigenvalue weighted by atomic mass is 9.64. The maximum atomic E-state index is 13.3. The first-order chi connectivity index (χ1) is 16.1. The van der Waals surface area contributed by atoms with Gasteiger partial charge in [0.15, 0.2) is 11.6 Å². The van der Waals surface area contributed by atoms with Crippen LogP contribution < -0.4 is 5.32 Å². The summed E-state index contributed by atoms with van der Waals surface area (Å²) in [5, 5.41) is 3.58. The number of allylic oxidation sites excluding steroid dienone is 4. The van der Waals surface area contributed by atoms with E-state index in [1.165, 1.54) is 5.56 Å². The van der Waals surface area contributed by atoms with Gasteiger partial charge >= 0.3 is 0 Å². The van der Waals surface area contributed by atoms with Crippen LogP contribution in [0, 0.1) is 10.8 Å². The van der Waals surface area contributed by atoms with Crippen LogP contribution in [0.15, 0.2) is 46.8 Å². The number of carbonyl (C=O) groups is 2. The van der Waals surface area contributed by atoms with Gasteiger partial charge in [0.05, 0.1) is 0 Å². The van der Waals surface area contributed by atoms with E-state index < -0.39 is 0 Å². The van der Waals surface area contributed by atoms with E-state index in [0.29, 0.717) is 12.8 Å². The van der Waals surface area contributed by atoms with Gasteiger partial charge in [0, 0.05) is 41.3 Å². The van der Waals surface area contributed by atoms with Crippen LogP contribution in [-0.4, -0.2) is 11.6 Å². The average molecular weight is 468 g/mol. The van der Waals surface area contributed by atoms with Gasteiger partial charge < -0.3 is 5.32 Å². The number of carbonyl (C=O) groups excluding carboxylic acids is 2. The Balaban J connectivity index is 0.000000894. The van der Waals surface area contributed by atoms with Crippen molar-refractivity contribution in [2.75, 3.05) is 0 Å². The van der Waals surface area contributed by atoms with E-state index in [2.05, 4.69) is 64.2 Å². The number of aryl methyl sites for hydroxylation is 1. The van der Waals surface area contributed by atoms with Crippen LogP contribution in [0.25, 0.3) is 0 Å². The Morgan fingerprint density at radius 2 is 1.21 bits per heavy atom. The van der Waals surface area contributed by atoms with E-state index in [1.807, 2.05) is 41.5 Å². The molecule has 3 aliphatic rings. The van der Waals surface area contributed by atoms with Gasteiger partial charge in [0.25, 0.3) is 0 Å². The highest BCUT2D eigenvalue weighted by Gasteiger charge is 2.46. The van der Waals surface area contributed by atoms with Crippen LogP contribution >= 0.6 is 0 Å². The van der Waals surface area contributed by atoms with E-state index in [1.54, 1.807) is 0 Å². The Kier molecular flexibility index (Phi) is 11.0. The van der Waals surface area contributed by atoms with Gasteiger partial charge in [-0.3, -0.25) is 9.59 Å². The second kappa shape index (κ2) is 12.5. The first kappa shape index (κ1) is 29.9. The second-order valence-electron chi connectivity index (χ2n) is 10.3. The van der Waals surface area contributed by atoms with Gasteiger partial charge in [0.2, 0.25) is 0 Å². The van der Waals surface area contributed by atoms with Crippen LogP contribution in [0.5, 0.6) is 0 Å². The number of rotatable bonds is 2. The summed E-state index contributed by atoms with van der Waals surface area (Å²) in [5.41, 5.74) is 5.97. The van der Waals surface area contributed by atoms with Crippen LogP contribution in [0.2, 0.25) is 0 Å². The highest BCUT2D eigenvalue weighted by atomic mass is 16.1. The van der Waals surface area contributed by atoms with Crippen LogP contribution in [0.3, 0.4) is 0 Å². The minimum atomic E-state index is -0.218. The maximum Gasteiger partial charge on any atom is 0.162 e. The van der Waals surface area contributed by atoms with E-state index in [4.69, 9.17) is 0 Å². The van der Waals surface area contributed by atoms with Crippen molar-refractivity contribution < 1.29 is 9.59 Å². The Hall–Kier alpha value is -2.16. The molecule has 3 nitrogen and oxygen atoms in total. The van der Waals surface area contributed by atoms with Gasteiger partial charge in [-0.25, -0.2) is 0 Å². The molecule has 1 N–H and O–H groups in total. The Bertz CT molecular complexity index is 879. The fourth-order valence-corrected chi connectivity index (χ4v) is 5.21. The summed E-state index contributed by atoms with van der Waals surface area (Å²) >= 11 is 0. The number of nitrogens with one attached hydrogen (secondary N) is 1. The Morgan fingerprint density at radius 1 is 0.765 bits per heavy atom. The fourth-order valence-electron chi connectivity index (χ4n) is 5.21. The predicted octanol–water partition coefficient (Wildman–Crippen LogP) is 8.30. The molecule has 0 radical (unpaired) electrons. The standard InChI is InChI=1S/C25H31NO2.3C2H6/c1-6-15-8-7-9-16(10-15)21-22-17(11-24(2,3)13-19(22)27)26-18-12-25(4,5)14-20(28)23(18)21;3*1-2/h7-10,21,26H,6,11-14H2,1-5H3;3*1-2H3. The molecular weight excluding hydrogens is 418 g/mol. The SMILES string of the molecule is CC.CC.CC.CCc1cccc(C2C3=C(CC(C)(C)CC3=O)NC3=C2C(=O)CC(C)(C)C3)c1. The van der Waals surface area contributed by atoms with Gasteiger partial charge in [-0.1, -0.05) is 100 Å². The molecule has 3 heteroatoms. The molecule has 0 atom stereocenters. The number of Topliss-reactive ketones (excluding diaryl/α,β-unsaturated/α-hetero) is 2. The molecule has 0 saturated carbocycles. The molecule has 1 heterocycles. The molecule has 0 spiro atoms. The van der Waals surface area contributed by atoms with Crippen molar-refractivity contribution in [3.63, 3.8) is 0 Å². The minimum Gasteiger partial charge on any atom is -0.362 e. The number of dihydropyridines is 1. The molecule has 0 bridgehead atoms. The van der Waals surface area contributed by atoms with Crippen molar-refractivity contribution in [1.29, 1.82) is 0 Å². The van der Waals surface area contributed by atoms with Crippen molar-refractivity contribution in [1.82, 2.24) is 5.32 Å². The smallest absolute Gasteiger partial charge is 0.162 e. The monoisotopic (exact) mass is 467 g/mol. The van der Waals surface area contributed by atoms with Crippen molar-refractivity contribution in [3.8, 4) is 0 Å². The summed E-state index contributed by atoms with van der Waals surface area (Å²) in [6.07, 6.45) is 3.73. The first-order valence-corrected chi connectivity index (χ1v) is 13.5. The molecule has 34 heavy (non-hydrogen) atoms. The molecule has 0 saturated heterocycles. The van der Waals surface area contributed by atoms with Crippen molar-refractivity contribution in [2.45, 2.75) is 114 Å². The lowest BCUT2D eigenvalue weighted by Gasteiger charge is -2.44.